The zero-order valence-electron chi connectivity index (χ0n) is 11.4. The molecule has 20 heavy (non-hydrogen) atoms. The topological polar surface area (TPSA) is 25.4 Å². The summed E-state index contributed by atoms with van der Waals surface area (Å²) in [7, 11) is 1.62. The normalized spacial score (nSPS) is 18.3. The second-order valence-electron chi connectivity index (χ2n) is 4.93. The summed E-state index contributed by atoms with van der Waals surface area (Å²) in [4.78, 5) is 6.63. The van der Waals surface area contributed by atoms with Crippen LogP contribution < -0.4 is 9.64 Å². The number of benzene rings is 1. The number of halogens is 1. The summed E-state index contributed by atoms with van der Waals surface area (Å²) in [6.07, 6.45) is 3.84. The number of ether oxygens (including phenoxy) is 1. The molecule has 1 fully saturated rings. The molecule has 0 bridgehead atoms. The van der Waals surface area contributed by atoms with Crippen molar-refractivity contribution in [2.75, 3.05) is 18.6 Å². The molecule has 0 amide bonds. The summed E-state index contributed by atoms with van der Waals surface area (Å²) in [6.45, 7) is 0.932. The van der Waals surface area contributed by atoms with Crippen LogP contribution >= 0.6 is 0 Å². The van der Waals surface area contributed by atoms with Crippen molar-refractivity contribution in [2.45, 2.75) is 18.9 Å². The number of hydrogen-bond acceptors (Lipinski definition) is 3. The Morgan fingerprint density at radius 1 is 1.30 bits per heavy atom. The molecule has 1 aromatic heterocycles. The first kappa shape index (κ1) is 12.9. The van der Waals surface area contributed by atoms with E-state index in [1.165, 1.54) is 6.07 Å². The van der Waals surface area contributed by atoms with Crippen LogP contribution in [0.5, 0.6) is 5.75 Å². The lowest BCUT2D eigenvalue weighted by molar-refractivity contribution is 0.404. The molecule has 1 unspecified atom stereocenters. The van der Waals surface area contributed by atoms with Gasteiger partial charge >= 0.3 is 0 Å². The van der Waals surface area contributed by atoms with Gasteiger partial charge in [-0.3, -0.25) is 0 Å². The van der Waals surface area contributed by atoms with E-state index < -0.39 is 0 Å². The van der Waals surface area contributed by atoms with Gasteiger partial charge in [-0.05, 0) is 43.2 Å². The average molecular weight is 272 g/mol. The van der Waals surface area contributed by atoms with Crippen molar-refractivity contribution in [3.05, 3.63) is 54.0 Å². The SMILES string of the molecule is COc1ccc(F)cc1C1CCCN1c1ccccn1. The minimum absolute atomic E-state index is 0.121. The van der Waals surface area contributed by atoms with Crippen LogP contribution in [0.3, 0.4) is 0 Å². The van der Waals surface area contributed by atoms with Crippen LogP contribution in [-0.4, -0.2) is 18.6 Å². The molecule has 1 saturated heterocycles. The minimum Gasteiger partial charge on any atom is -0.496 e. The van der Waals surface area contributed by atoms with E-state index in [1.807, 2.05) is 18.2 Å². The van der Waals surface area contributed by atoms with Crippen molar-refractivity contribution in [1.29, 1.82) is 0 Å². The van der Waals surface area contributed by atoms with E-state index in [0.29, 0.717) is 0 Å². The monoisotopic (exact) mass is 272 g/mol. The summed E-state index contributed by atoms with van der Waals surface area (Å²) in [5, 5.41) is 0. The Labute approximate surface area is 118 Å². The highest BCUT2D eigenvalue weighted by Gasteiger charge is 2.29. The smallest absolute Gasteiger partial charge is 0.128 e. The van der Waals surface area contributed by atoms with Crippen LogP contribution in [0.25, 0.3) is 0 Å². The van der Waals surface area contributed by atoms with Crippen LogP contribution in [0, 0.1) is 5.82 Å². The maximum absolute atomic E-state index is 13.6. The number of hydrogen-bond donors (Lipinski definition) is 0. The van der Waals surface area contributed by atoms with Crippen molar-refractivity contribution >= 4 is 5.82 Å². The molecule has 104 valence electrons. The molecular weight excluding hydrogens is 255 g/mol. The number of aromatic nitrogens is 1. The molecule has 0 saturated carbocycles. The van der Waals surface area contributed by atoms with Crippen LogP contribution in [0.15, 0.2) is 42.6 Å². The molecule has 1 aliphatic rings. The van der Waals surface area contributed by atoms with Gasteiger partial charge < -0.3 is 9.64 Å². The third-order valence-corrected chi connectivity index (χ3v) is 3.75. The molecule has 0 radical (unpaired) electrons. The number of anilines is 1. The number of methoxy groups -OCH3 is 1. The van der Waals surface area contributed by atoms with Gasteiger partial charge in [-0.15, -0.1) is 0 Å². The molecule has 4 heteroatoms. The van der Waals surface area contributed by atoms with E-state index in [4.69, 9.17) is 4.74 Å². The molecule has 3 rings (SSSR count). The fourth-order valence-corrected chi connectivity index (χ4v) is 2.85. The van der Waals surface area contributed by atoms with Crippen molar-refractivity contribution in [2.24, 2.45) is 0 Å². The van der Waals surface area contributed by atoms with Crippen molar-refractivity contribution in [1.82, 2.24) is 4.98 Å². The second kappa shape index (κ2) is 5.49. The minimum atomic E-state index is -0.228. The number of pyridine rings is 1. The molecule has 1 aliphatic heterocycles. The van der Waals surface area contributed by atoms with E-state index in [0.717, 1.165) is 36.5 Å². The Balaban J connectivity index is 1.99. The van der Waals surface area contributed by atoms with Crippen molar-refractivity contribution in [3.8, 4) is 5.75 Å². The molecule has 1 aromatic carbocycles. The quantitative estimate of drug-likeness (QED) is 0.854. The molecule has 2 heterocycles. The van der Waals surface area contributed by atoms with Crippen LogP contribution in [0.1, 0.15) is 24.4 Å². The molecule has 1 atom stereocenters. The Kier molecular flexibility index (Phi) is 3.54. The zero-order chi connectivity index (χ0) is 13.9. The fourth-order valence-electron chi connectivity index (χ4n) is 2.85. The Morgan fingerprint density at radius 2 is 2.20 bits per heavy atom. The Bertz CT molecular complexity index is 588. The summed E-state index contributed by atoms with van der Waals surface area (Å²) < 4.78 is 19.0. The molecule has 0 spiro atoms. The first-order chi connectivity index (χ1) is 9.79. The highest BCUT2D eigenvalue weighted by Crippen LogP contribution is 2.39. The fraction of sp³-hybridized carbons (Fsp3) is 0.312. The summed E-state index contributed by atoms with van der Waals surface area (Å²) in [5.41, 5.74) is 0.899. The predicted octanol–water partition coefficient (Wildman–Crippen LogP) is 3.57. The van der Waals surface area contributed by atoms with Crippen LogP contribution in [0.4, 0.5) is 10.2 Å². The van der Waals surface area contributed by atoms with Gasteiger partial charge in [0.25, 0.3) is 0 Å². The third-order valence-electron chi connectivity index (χ3n) is 3.75. The lowest BCUT2D eigenvalue weighted by Gasteiger charge is -2.27. The van der Waals surface area contributed by atoms with Gasteiger partial charge in [0.1, 0.15) is 17.4 Å². The van der Waals surface area contributed by atoms with Gasteiger partial charge in [0.15, 0.2) is 0 Å². The van der Waals surface area contributed by atoms with E-state index in [1.54, 1.807) is 25.4 Å². The van der Waals surface area contributed by atoms with Crippen LogP contribution in [-0.2, 0) is 0 Å². The Morgan fingerprint density at radius 3 is 2.95 bits per heavy atom. The maximum atomic E-state index is 13.6. The van der Waals surface area contributed by atoms with Gasteiger partial charge in [-0.2, -0.15) is 0 Å². The van der Waals surface area contributed by atoms with Crippen molar-refractivity contribution in [3.63, 3.8) is 0 Å². The predicted molar refractivity (Wildman–Crippen MR) is 76.5 cm³/mol. The largest absolute Gasteiger partial charge is 0.496 e. The van der Waals surface area contributed by atoms with Gasteiger partial charge in [-0.25, -0.2) is 9.37 Å². The molecule has 0 aliphatic carbocycles. The first-order valence-electron chi connectivity index (χ1n) is 6.80. The third kappa shape index (κ3) is 2.33. The summed E-state index contributed by atoms with van der Waals surface area (Å²) in [6, 6.07) is 10.7. The number of nitrogens with zero attached hydrogens (tertiary/aromatic N) is 2. The van der Waals surface area contributed by atoms with E-state index in [9.17, 15) is 4.39 Å². The van der Waals surface area contributed by atoms with Gasteiger partial charge in [-0.1, -0.05) is 6.07 Å². The van der Waals surface area contributed by atoms with E-state index in [-0.39, 0.29) is 11.9 Å². The summed E-state index contributed by atoms with van der Waals surface area (Å²) >= 11 is 0. The average Bonchev–Trinajstić information content (AvgIpc) is 2.97. The molecule has 3 nitrogen and oxygen atoms in total. The highest BCUT2D eigenvalue weighted by atomic mass is 19.1. The first-order valence-corrected chi connectivity index (χ1v) is 6.80. The molecular formula is C16H17FN2O. The van der Waals surface area contributed by atoms with Gasteiger partial charge in [0, 0.05) is 18.3 Å². The van der Waals surface area contributed by atoms with Gasteiger partial charge in [0.2, 0.25) is 0 Å². The summed E-state index contributed by atoms with van der Waals surface area (Å²) in [5.74, 6) is 1.44. The standard InChI is InChI=1S/C16H17FN2O/c1-20-15-8-7-12(17)11-13(15)14-5-4-10-19(14)16-6-2-3-9-18-16/h2-3,6-9,11,14H,4-5,10H2,1H3. The van der Waals surface area contributed by atoms with E-state index in [2.05, 4.69) is 9.88 Å². The number of rotatable bonds is 3. The van der Waals surface area contributed by atoms with Crippen LogP contribution in [0.2, 0.25) is 0 Å². The molecule has 0 N–H and O–H groups in total. The highest BCUT2D eigenvalue weighted by molar-refractivity contribution is 5.47. The van der Waals surface area contributed by atoms with Crippen molar-refractivity contribution < 1.29 is 9.13 Å². The van der Waals surface area contributed by atoms with Gasteiger partial charge in [0.05, 0.1) is 13.2 Å². The second-order valence-corrected chi connectivity index (χ2v) is 4.93. The lowest BCUT2D eigenvalue weighted by atomic mass is 10.0. The Hall–Kier alpha value is -2.10. The molecule has 2 aromatic rings. The lowest BCUT2D eigenvalue weighted by Crippen LogP contribution is -2.23. The zero-order valence-corrected chi connectivity index (χ0v) is 11.4. The van der Waals surface area contributed by atoms with E-state index >= 15 is 0 Å². The maximum Gasteiger partial charge on any atom is 0.128 e.